The minimum absolute atomic E-state index is 0.113. The van der Waals surface area contributed by atoms with Gasteiger partial charge in [0.2, 0.25) is 0 Å². The molecule has 0 radical (unpaired) electrons. The maximum absolute atomic E-state index is 12.7. The van der Waals surface area contributed by atoms with Gasteiger partial charge < -0.3 is 14.5 Å². The minimum atomic E-state index is -0.640. The number of carbonyl (C=O) groups excluding carboxylic acids is 1. The third-order valence-corrected chi connectivity index (χ3v) is 5.11. The van der Waals surface area contributed by atoms with E-state index >= 15 is 0 Å². The Bertz CT molecular complexity index is 992. The van der Waals surface area contributed by atoms with Crippen LogP contribution < -0.4 is 20.9 Å². The number of hydrogen-bond acceptors (Lipinski definition) is 5. The van der Waals surface area contributed by atoms with Gasteiger partial charge in [0.1, 0.15) is 11.6 Å². The molecule has 150 valence electrons. The smallest absolute Gasteiger partial charge is 0.332 e. The second-order valence-corrected chi connectivity index (χ2v) is 7.21. The second kappa shape index (κ2) is 8.10. The lowest BCUT2D eigenvalue weighted by Crippen LogP contribution is -2.53. The molecular formula is C19H23ClN4O4. The van der Waals surface area contributed by atoms with Crippen LogP contribution in [0, 0.1) is 0 Å². The molecule has 1 amide bonds. The molecule has 8 nitrogen and oxygen atoms in total. The summed E-state index contributed by atoms with van der Waals surface area (Å²) in [6.07, 6.45) is -0.640. The minimum Gasteiger partial charge on any atom is -0.481 e. The van der Waals surface area contributed by atoms with Crippen molar-refractivity contribution in [3.8, 4) is 5.75 Å². The van der Waals surface area contributed by atoms with Crippen molar-refractivity contribution in [3.05, 3.63) is 56.2 Å². The number of anilines is 1. The largest absolute Gasteiger partial charge is 0.481 e. The van der Waals surface area contributed by atoms with Crippen molar-refractivity contribution >= 4 is 23.3 Å². The maximum Gasteiger partial charge on any atom is 0.332 e. The molecule has 0 aliphatic carbocycles. The van der Waals surface area contributed by atoms with Gasteiger partial charge in [0, 0.05) is 51.4 Å². The van der Waals surface area contributed by atoms with Gasteiger partial charge in [-0.05, 0) is 25.1 Å². The lowest BCUT2D eigenvalue weighted by Gasteiger charge is -2.37. The molecule has 1 aliphatic heterocycles. The van der Waals surface area contributed by atoms with E-state index in [0.29, 0.717) is 42.8 Å². The highest BCUT2D eigenvalue weighted by Crippen LogP contribution is 2.19. The molecule has 28 heavy (non-hydrogen) atoms. The maximum atomic E-state index is 12.7. The highest BCUT2D eigenvalue weighted by molar-refractivity contribution is 6.30. The predicted molar refractivity (Wildman–Crippen MR) is 107 cm³/mol. The van der Waals surface area contributed by atoms with Crippen molar-refractivity contribution in [2.24, 2.45) is 14.1 Å². The molecule has 1 unspecified atom stereocenters. The SMILES string of the molecule is CC(Oc1cccc(Cl)c1)C(=O)N1CCN(c2cc(=O)n(C)c(=O)n2C)CC1. The fraction of sp³-hybridized carbons (Fsp3) is 0.421. The number of piperazine rings is 1. The van der Waals surface area contributed by atoms with Crippen LogP contribution in [0.15, 0.2) is 39.9 Å². The Morgan fingerprint density at radius 1 is 1.07 bits per heavy atom. The third kappa shape index (κ3) is 4.06. The zero-order valence-corrected chi connectivity index (χ0v) is 16.8. The van der Waals surface area contributed by atoms with E-state index in [9.17, 15) is 14.4 Å². The van der Waals surface area contributed by atoms with Crippen LogP contribution in [-0.4, -0.2) is 52.2 Å². The van der Waals surface area contributed by atoms with Crippen LogP contribution in [0.5, 0.6) is 5.75 Å². The van der Waals surface area contributed by atoms with Gasteiger partial charge in [-0.25, -0.2) is 4.79 Å². The van der Waals surface area contributed by atoms with Crippen LogP contribution >= 0.6 is 11.6 Å². The molecule has 2 aromatic rings. The van der Waals surface area contributed by atoms with Crippen molar-refractivity contribution in [1.29, 1.82) is 0 Å². The van der Waals surface area contributed by atoms with E-state index in [-0.39, 0.29) is 17.2 Å². The first kappa shape index (κ1) is 20.0. The van der Waals surface area contributed by atoms with Crippen molar-refractivity contribution in [3.63, 3.8) is 0 Å². The summed E-state index contributed by atoms with van der Waals surface area (Å²) >= 11 is 5.95. The monoisotopic (exact) mass is 406 g/mol. The van der Waals surface area contributed by atoms with Gasteiger partial charge in [-0.2, -0.15) is 0 Å². The number of nitrogens with zero attached hydrogens (tertiary/aromatic N) is 4. The number of carbonyl (C=O) groups is 1. The second-order valence-electron chi connectivity index (χ2n) is 6.77. The van der Waals surface area contributed by atoms with Crippen LogP contribution in [0.25, 0.3) is 0 Å². The molecule has 9 heteroatoms. The molecule has 0 saturated carbocycles. The Kier molecular flexibility index (Phi) is 5.79. The van der Waals surface area contributed by atoms with E-state index < -0.39 is 6.10 Å². The van der Waals surface area contributed by atoms with Crippen LogP contribution in [0.4, 0.5) is 5.82 Å². The van der Waals surface area contributed by atoms with Gasteiger partial charge in [0.15, 0.2) is 6.10 Å². The van der Waals surface area contributed by atoms with E-state index in [1.165, 1.54) is 17.7 Å². The number of rotatable bonds is 4. The molecule has 1 fully saturated rings. The molecule has 0 bridgehead atoms. The topological polar surface area (TPSA) is 76.8 Å². The Balaban J connectivity index is 1.64. The summed E-state index contributed by atoms with van der Waals surface area (Å²) in [6.45, 7) is 3.71. The summed E-state index contributed by atoms with van der Waals surface area (Å²) in [5.41, 5.74) is -0.718. The summed E-state index contributed by atoms with van der Waals surface area (Å²) < 4.78 is 8.22. The molecule has 0 spiro atoms. The first-order valence-electron chi connectivity index (χ1n) is 9.01. The first-order chi connectivity index (χ1) is 13.3. The van der Waals surface area contributed by atoms with E-state index in [1.54, 1.807) is 43.1 Å². The predicted octanol–water partition coefficient (Wildman–Crippen LogP) is 0.853. The molecule has 1 aromatic heterocycles. The highest BCUT2D eigenvalue weighted by atomic mass is 35.5. The Morgan fingerprint density at radius 2 is 1.75 bits per heavy atom. The summed E-state index contributed by atoms with van der Waals surface area (Å²) in [6, 6.07) is 8.37. The average molecular weight is 407 g/mol. The number of benzene rings is 1. The van der Waals surface area contributed by atoms with Crippen molar-refractivity contribution in [2.75, 3.05) is 31.1 Å². The fourth-order valence-electron chi connectivity index (χ4n) is 3.23. The van der Waals surface area contributed by atoms with Crippen LogP contribution in [-0.2, 0) is 18.9 Å². The summed E-state index contributed by atoms with van der Waals surface area (Å²) in [5.74, 6) is 0.989. The molecule has 2 heterocycles. The fourth-order valence-corrected chi connectivity index (χ4v) is 3.41. The highest BCUT2D eigenvalue weighted by Gasteiger charge is 2.27. The van der Waals surface area contributed by atoms with Crippen molar-refractivity contribution < 1.29 is 9.53 Å². The number of halogens is 1. The van der Waals surface area contributed by atoms with Gasteiger partial charge in [0.25, 0.3) is 11.5 Å². The lowest BCUT2D eigenvalue weighted by atomic mass is 10.2. The standard InChI is InChI=1S/C19H23ClN4O4/c1-13(28-15-6-4-5-14(20)11-15)18(26)24-9-7-23(8-10-24)16-12-17(25)22(3)19(27)21(16)2/h4-6,11-13H,7-10H2,1-3H3. The Morgan fingerprint density at radius 3 is 2.39 bits per heavy atom. The molecule has 1 aromatic carbocycles. The van der Waals surface area contributed by atoms with Gasteiger partial charge in [-0.3, -0.25) is 18.7 Å². The molecule has 3 rings (SSSR count). The first-order valence-corrected chi connectivity index (χ1v) is 9.38. The summed E-state index contributed by atoms with van der Waals surface area (Å²) in [5, 5.41) is 0.547. The van der Waals surface area contributed by atoms with E-state index in [0.717, 1.165) is 4.57 Å². The van der Waals surface area contributed by atoms with E-state index in [2.05, 4.69) is 0 Å². The van der Waals surface area contributed by atoms with Gasteiger partial charge >= 0.3 is 5.69 Å². The number of amides is 1. The summed E-state index contributed by atoms with van der Waals surface area (Å²) in [7, 11) is 3.09. The molecule has 1 atom stereocenters. The zero-order valence-electron chi connectivity index (χ0n) is 16.1. The third-order valence-electron chi connectivity index (χ3n) is 4.87. The molecule has 1 saturated heterocycles. The Labute approximate surface area is 167 Å². The van der Waals surface area contributed by atoms with Crippen molar-refractivity contribution in [2.45, 2.75) is 13.0 Å². The lowest BCUT2D eigenvalue weighted by molar-refractivity contribution is -0.138. The van der Waals surface area contributed by atoms with Gasteiger partial charge in [0.05, 0.1) is 0 Å². The quantitative estimate of drug-likeness (QED) is 0.752. The van der Waals surface area contributed by atoms with E-state index in [4.69, 9.17) is 16.3 Å². The molecule has 0 N–H and O–H groups in total. The number of hydrogen-bond donors (Lipinski definition) is 0. The molecule has 1 aliphatic rings. The van der Waals surface area contributed by atoms with Gasteiger partial charge in [-0.15, -0.1) is 0 Å². The molecular weight excluding hydrogens is 384 g/mol. The number of ether oxygens (including phenoxy) is 1. The van der Waals surface area contributed by atoms with E-state index in [1.807, 2.05) is 4.90 Å². The van der Waals surface area contributed by atoms with Crippen LogP contribution in [0.2, 0.25) is 5.02 Å². The summed E-state index contributed by atoms with van der Waals surface area (Å²) in [4.78, 5) is 40.4. The zero-order chi connectivity index (χ0) is 20.4. The van der Waals surface area contributed by atoms with Gasteiger partial charge in [-0.1, -0.05) is 17.7 Å². The average Bonchev–Trinajstić information content (AvgIpc) is 2.68. The number of aromatic nitrogens is 2. The van der Waals surface area contributed by atoms with Crippen LogP contribution in [0.3, 0.4) is 0 Å². The Hall–Kier alpha value is -2.74. The normalized spacial score (nSPS) is 15.4. The van der Waals surface area contributed by atoms with Crippen LogP contribution in [0.1, 0.15) is 6.92 Å². The van der Waals surface area contributed by atoms with Crippen molar-refractivity contribution in [1.82, 2.24) is 14.0 Å².